The third-order valence-corrected chi connectivity index (χ3v) is 11.7. The van der Waals surface area contributed by atoms with E-state index in [1.807, 2.05) is 0 Å². The Hall–Kier alpha value is -7.13. The first kappa shape index (κ1) is 60.0. The van der Waals surface area contributed by atoms with E-state index in [0.29, 0.717) is 19.3 Å². The summed E-state index contributed by atoms with van der Waals surface area (Å²) in [5.74, 6) is -11.5. The smallest absolute Gasteiger partial charge is 0.303 e. The summed E-state index contributed by atoms with van der Waals surface area (Å²) >= 11 is 0. The van der Waals surface area contributed by atoms with E-state index < -0.39 is 164 Å². The van der Waals surface area contributed by atoms with E-state index in [9.17, 15) is 67.7 Å². The Labute approximate surface area is 410 Å². The second-order valence-corrected chi connectivity index (χ2v) is 18.1. The van der Waals surface area contributed by atoms with Gasteiger partial charge in [0.25, 0.3) is 0 Å². The van der Waals surface area contributed by atoms with Crippen molar-refractivity contribution in [2.24, 2.45) is 39.8 Å². The van der Waals surface area contributed by atoms with Crippen molar-refractivity contribution < 1.29 is 67.7 Å². The Morgan fingerprint density at radius 1 is 0.606 bits per heavy atom. The second kappa shape index (κ2) is 29.1. The van der Waals surface area contributed by atoms with Crippen LogP contribution in [0.1, 0.15) is 98.8 Å². The van der Waals surface area contributed by atoms with Gasteiger partial charge >= 0.3 is 11.9 Å². The summed E-state index contributed by atoms with van der Waals surface area (Å²) in [4.78, 5) is 161. The molecule has 2 fully saturated rings. The average molecular weight is 1010 g/mol. The summed E-state index contributed by atoms with van der Waals surface area (Å²) in [5.41, 5.74) is 22.0. The molecule has 28 heteroatoms. The van der Waals surface area contributed by atoms with Crippen LogP contribution in [-0.2, 0) is 57.5 Å². The molecule has 0 radical (unpaired) electrons. The zero-order valence-electron chi connectivity index (χ0n) is 40.8. The van der Waals surface area contributed by atoms with Crippen LogP contribution >= 0.6 is 0 Å². The molecule has 2 rings (SSSR count). The van der Waals surface area contributed by atoms with Crippen LogP contribution in [-0.4, -0.2) is 178 Å². The molecule has 0 aromatic rings. The molecule has 0 saturated carbocycles. The number of carbonyl (C=O) groups is 12. The SMILES string of the molecule is CC(C)[C@H](N)C(=O)N[C@@H](C)C(=O)N[C@H](C(=O)NCC(=O)N[C@@H](CCC(=O)O)C(=O)N[C@@H](CCC(=O)O)C(=O)N1CCC[C@H]1C(=O)NCC(=O)N1CCC[C@H]1C(=O)N[C@@H](CCCN=C(N)N)C(N)=O)C(C)C. The molecule has 2 heterocycles. The monoisotopic (exact) mass is 1010 g/mol. The Morgan fingerprint density at radius 2 is 1.18 bits per heavy atom. The number of carbonyl (C=O) groups excluding carboxylic acids is 10. The molecule has 0 aromatic heterocycles. The molecule has 0 spiro atoms. The molecule has 2 aliphatic heterocycles. The summed E-state index contributed by atoms with van der Waals surface area (Å²) in [6.45, 7) is 7.05. The highest BCUT2D eigenvalue weighted by molar-refractivity contribution is 5.98. The topological polar surface area (TPSA) is 452 Å². The number of nitrogens with zero attached hydrogens (tertiary/aromatic N) is 3. The van der Waals surface area contributed by atoms with Crippen LogP contribution in [0.5, 0.6) is 0 Å². The molecule has 71 heavy (non-hydrogen) atoms. The van der Waals surface area contributed by atoms with Crippen molar-refractivity contribution in [2.45, 2.75) is 147 Å². The molecule has 28 nitrogen and oxygen atoms in total. The standard InChI is InChI=1S/C43H72N14O14/c1-21(2)33(44)40(69)51-23(5)36(65)55-34(22(3)4)41(70)49-19-29(58)52-25(12-14-31(60)61)37(66)54-26(13-15-32(62)63)42(71)57-18-8-10-27(57)38(67)50-20-30(59)56-17-7-11-28(56)39(68)53-24(35(45)64)9-6-16-48-43(46)47/h21-28,33-34H,6-20,44H2,1-5H3,(H2,45,64)(H,49,70)(H,50,67)(H,51,69)(H,52,58)(H,53,68)(H,54,66)(H,55,65)(H,60,61)(H,62,63)(H4,46,47,48)/t23-,24-,25-,26-,27-,28-,33-,34-/m0/s1. The lowest BCUT2D eigenvalue weighted by molar-refractivity contribution is -0.144. The lowest BCUT2D eigenvalue weighted by Gasteiger charge is -2.30. The summed E-state index contributed by atoms with van der Waals surface area (Å²) in [6, 6.07) is -9.62. The van der Waals surface area contributed by atoms with Gasteiger partial charge in [-0.1, -0.05) is 27.7 Å². The number of nitrogens with two attached hydrogens (primary N) is 4. The van der Waals surface area contributed by atoms with E-state index in [1.165, 1.54) is 11.8 Å². The van der Waals surface area contributed by atoms with Gasteiger partial charge in [-0.05, 0) is 70.1 Å². The summed E-state index contributed by atoms with van der Waals surface area (Å²) in [6.07, 6.45) is -0.732. The van der Waals surface area contributed by atoms with Gasteiger partial charge in [-0.15, -0.1) is 0 Å². The van der Waals surface area contributed by atoms with Crippen LogP contribution in [0.25, 0.3) is 0 Å². The maximum absolute atomic E-state index is 14.0. The molecule has 17 N–H and O–H groups in total. The Balaban J connectivity index is 2.13. The molecular formula is C43H72N14O14. The maximum atomic E-state index is 14.0. The quantitative estimate of drug-likeness (QED) is 0.0189. The minimum Gasteiger partial charge on any atom is -0.481 e. The van der Waals surface area contributed by atoms with Gasteiger partial charge in [-0.25, -0.2) is 0 Å². The first-order valence-corrected chi connectivity index (χ1v) is 23.5. The zero-order valence-corrected chi connectivity index (χ0v) is 40.8. The highest BCUT2D eigenvalue weighted by atomic mass is 16.4. The molecule has 10 amide bonds. The Bertz CT molecular complexity index is 2000. The van der Waals surface area contributed by atoms with Crippen LogP contribution in [0, 0.1) is 11.8 Å². The van der Waals surface area contributed by atoms with E-state index in [-0.39, 0.29) is 50.8 Å². The van der Waals surface area contributed by atoms with Crippen molar-refractivity contribution in [2.75, 3.05) is 32.7 Å². The fourth-order valence-corrected chi connectivity index (χ4v) is 7.63. The average Bonchev–Trinajstić information content (AvgIpc) is 4.00. The van der Waals surface area contributed by atoms with E-state index in [1.54, 1.807) is 27.7 Å². The molecule has 2 aliphatic rings. The van der Waals surface area contributed by atoms with Crippen molar-refractivity contribution in [3.8, 4) is 0 Å². The molecule has 0 bridgehead atoms. The highest BCUT2D eigenvalue weighted by Crippen LogP contribution is 2.21. The predicted octanol–water partition coefficient (Wildman–Crippen LogP) is -5.45. The number of hydrogen-bond acceptors (Lipinski definition) is 14. The lowest BCUT2D eigenvalue weighted by Crippen LogP contribution is -2.58. The van der Waals surface area contributed by atoms with Crippen LogP contribution < -0.4 is 60.2 Å². The largest absolute Gasteiger partial charge is 0.481 e. The van der Waals surface area contributed by atoms with Gasteiger partial charge < -0.3 is 80.2 Å². The minimum atomic E-state index is -1.63. The maximum Gasteiger partial charge on any atom is 0.303 e. The van der Waals surface area contributed by atoms with Gasteiger partial charge in [0.15, 0.2) is 5.96 Å². The zero-order chi connectivity index (χ0) is 53.7. The van der Waals surface area contributed by atoms with E-state index in [2.05, 4.69) is 42.2 Å². The highest BCUT2D eigenvalue weighted by Gasteiger charge is 2.40. The minimum absolute atomic E-state index is 0.0117. The molecule has 0 aliphatic carbocycles. The molecule has 2 saturated heterocycles. The van der Waals surface area contributed by atoms with Crippen LogP contribution in [0.2, 0.25) is 0 Å². The number of aliphatic imine (C=N–C) groups is 1. The lowest BCUT2D eigenvalue weighted by atomic mass is 10.0. The number of nitrogens with one attached hydrogen (secondary N) is 7. The third-order valence-electron chi connectivity index (χ3n) is 11.7. The number of aliphatic carboxylic acids is 2. The van der Waals surface area contributed by atoms with Gasteiger partial charge in [0.2, 0.25) is 59.1 Å². The van der Waals surface area contributed by atoms with Crippen molar-refractivity contribution in [1.29, 1.82) is 0 Å². The third kappa shape index (κ3) is 20.0. The van der Waals surface area contributed by atoms with Gasteiger partial charge in [-0.3, -0.25) is 62.5 Å². The molecule has 8 atom stereocenters. The number of carboxylic acid groups (broad SMARTS) is 2. The summed E-state index contributed by atoms with van der Waals surface area (Å²) < 4.78 is 0. The first-order chi connectivity index (χ1) is 33.2. The van der Waals surface area contributed by atoms with Crippen molar-refractivity contribution in [3.05, 3.63) is 0 Å². The van der Waals surface area contributed by atoms with E-state index in [4.69, 9.17) is 22.9 Å². The Kier molecular flexibility index (Phi) is 24.6. The van der Waals surface area contributed by atoms with Crippen molar-refractivity contribution >= 4 is 77.0 Å². The van der Waals surface area contributed by atoms with Crippen LogP contribution in [0.4, 0.5) is 0 Å². The molecule has 0 aromatic carbocycles. The summed E-state index contributed by atoms with van der Waals surface area (Å²) in [5, 5.41) is 36.0. The number of amides is 10. The van der Waals surface area contributed by atoms with Crippen molar-refractivity contribution in [1.82, 2.24) is 47.0 Å². The molecule has 0 unspecified atom stereocenters. The first-order valence-electron chi connectivity index (χ1n) is 23.5. The summed E-state index contributed by atoms with van der Waals surface area (Å²) in [7, 11) is 0. The fraction of sp³-hybridized carbons (Fsp3) is 0.698. The molecule has 398 valence electrons. The van der Waals surface area contributed by atoms with E-state index in [0.717, 1.165) is 4.90 Å². The van der Waals surface area contributed by atoms with Gasteiger partial charge in [0.05, 0.1) is 19.1 Å². The normalized spacial score (nSPS) is 17.9. The number of guanidine groups is 1. The number of likely N-dealkylation sites (tertiary alicyclic amines) is 2. The number of rotatable bonds is 29. The van der Waals surface area contributed by atoms with Gasteiger partial charge in [0, 0.05) is 32.5 Å². The second-order valence-electron chi connectivity index (χ2n) is 18.1. The number of carboxylic acids is 2. The van der Waals surface area contributed by atoms with Crippen LogP contribution in [0.3, 0.4) is 0 Å². The van der Waals surface area contributed by atoms with Crippen molar-refractivity contribution in [3.63, 3.8) is 0 Å². The molecular weight excluding hydrogens is 937 g/mol. The Morgan fingerprint density at radius 3 is 1.73 bits per heavy atom. The van der Waals surface area contributed by atoms with Crippen LogP contribution in [0.15, 0.2) is 4.99 Å². The van der Waals surface area contributed by atoms with Gasteiger partial charge in [0.1, 0.15) is 42.3 Å². The number of hydrogen-bond donors (Lipinski definition) is 13. The fourth-order valence-electron chi connectivity index (χ4n) is 7.63. The van der Waals surface area contributed by atoms with Gasteiger partial charge in [-0.2, -0.15) is 0 Å². The predicted molar refractivity (Wildman–Crippen MR) is 251 cm³/mol. The van der Waals surface area contributed by atoms with E-state index >= 15 is 0 Å². The number of primary amides is 1.